The number of H-pyrrole nitrogens is 1. The largest absolute Gasteiger partial charge is 1.00 e. The number of benzene rings is 1. The summed E-state index contributed by atoms with van der Waals surface area (Å²) < 4.78 is 2.19. The molecule has 0 aliphatic rings. The van der Waals surface area contributed by atoms with Gasteiger partial charge in [0.2, 0.25) is 6.33 Å². The van der Waals surface area contributed by atoms with Crippen LogP contribution in [0.1, 0.15) is 24.5 Å². The molecule has 0 aliphatic carbocycles. The molecule has 0 aliphatic heterocycles. The van der Waals surface area contributed by atoms with Crippen LogP contribution < -0.4 is 21.5 Å². The number of nitrogens with zero attached hydrogens (tertiary/aromatic N) is 1. The Morgan fingerprint density at radius 2 is 1.94 bits per heavy atom. The number of hydrogen-bond acceptors (Lipinski definition) is 0. The van der Waals surface area contributed by atoms with E-state index in [1.165, 1.54) is 24.0 Å². The fourth-order valence-electron chi connectivity index (χ4n) is 2.06. The number of hydrogen-bond donors (Lipinski definition) is 1. The lowest BCUT2D eigenvalue weighted by molar-refractivity contribution is -0.696. The van der Waals surface area contributed by atoms with E-state index in [1.807, 2.05) is 12.5 Å². The zero-order chi connectivity index (χ0) is 11.2. The summed E-state index contributed by atoms with van der Waals surface area (Å²) in [6, 6.07) is 8.75. The molecule has 2 aromatic rings. The van der Waals surface area contributed by atoms with Gasteiger partial charge in [0.05, 0.1) is 6.54 Å². The second-order valence-electron chi connectivity index (χ2n) is 4.08. The van der Waals surface area contributed by atoms with E-state index in [2.05, 4.69) is 46.9 Å². The van der Waals surface area contributed by atoms with Crippen LogP contribution in [0, 0.1) is 0 Å². The van der Waals surface area contributed by atoms with E-state index in [1.54, 1.807) is 0 Å². The van der Waals surface area contributed by atoms with Crippen LogP contribution >= 0.6 is 0 Å². The first-order valence-electron chi connectivity index (χ1n) is 5.98. The van der Waals surface area contributed by atoms with Gasteiger partial charge in [-0.1, -0.05) is 31.2 Å². The fraction of sp³-hybridized carbons (Fsp3) is 0.357. The molecule has 2 rings (SSSR count). The Bertz CT molecular complexity index is 424. The number of aryl methyl sites for hydroxylation is 3. The van der Waals surface area contributed by atoms with E-state index in [0.717, 1.165) is 13.0 Å². The third kappa shape index (κ3) is 4.00. The second-order valence-corrected chi connectivity index (χ2v) is 4.08. The number of imidazole rings is 1. The maximum absolute atomic E-state index is 3.06. The van der Waals surface area contributed by atoms with Crippen molar-refractivity contribution in [1.29, 1.82) is 0 Å². The first kappa shape index (κ1) is 14.0. The molecule has 0 atom stereocenters. The van der Waals surface area contributed by atoms with Gasteiger partial charge in [-0.3, -0.25) is 4.98 Å². The van der Waals surface area contributed by atoms with Crippen molar-refractivity contribution < 1.29 is 21.5 Å². The van der Waals surface area contributed by atoms with Crippen LogP contribution in [-0.2, 0) is 19.4 Å². The summed E-state index contributed by atoms with van der Waals surface area (Å²) >= 11 is 0. The molecule has 0 spiro atoms. The predicted molar refractivity (Wildman–Crippen MR) is 65.1 cm³/mol. The highest BCUT2D eigenvalue weighted by atomic mass is 79.9. The number of rotatable bonds is 5. The summed E-state index contributed by atoms with van der Waals surface area (Å²) in [5, 5.41) is 0. The first-order chi connectivity index (χ1) is 7.90. The molecule has 1 heterocycles. The van der Waals surface area contributed by atoms with E-state index >= 15 is 0 Å². The average molecular weight is 295 g/mol. The molecule has 0 bridgehead atoms. The SMILES string of the molecule is CCc1ccccc1CCC[n+]1cc[nH]c1.[Br-]. The summed E-state index contributed by atoms with van der Waals surface area (Å²) in [6.45, 7) is 3.31. The van der Waals surface area contributed by atoms with Gasteiger partial charge in [-0.05, 0) is 30.4 Å². The third-order valence-electron chi connectivity index (χ3n) is 2.96. The van der Waals surface area contributed by atoms with Crippen LogP contribution in [0.4, 0.5) is 0 Å². The molecule has 0 radical (unpaired) electrons. The van der Waals surface area contributed by atoms with E-state index in [4.69, 9.17) is 0 Å². The van der Waals surface area contributed by atoms with Crippen molar-refractivity contribution in [3.05, 3.63) is 54.1 Å². The molecule has 92 valence electrons. The molecule has 17 heavy (non-hydrogen) atoms. The summed E-state index contributed by atoms with van der Waals surface area (Å²) in [7, 11) is 0. The molecule has 0 saturated heterocycles. The molecule has 0 fully saturated rings. The zero-order valence-corrected chi connectivity index (χ0v) is 11.8. The molecule has 1 aromatic carbocycles. The lowest BCUT2D eigenvalue weighted by Gasteiger charge is -2.06. The van der Waals surface area contributed by atoms with Gasteiger partial charge < -0.3 is 17.0 Å². The van der Waals surface area contributed by atoms with Gasteiger partial charge in [-0.15, -0.1) is 0 Å². The van der Waals surface area contributed by atoms with Gasteiger partial charge in [0.1, 0.15) is 12.4 Å². The van der Waals surface area contributed by atoms with Crippen LogP contribution in [0.3, 0.4) is 0 Å². The molecule has 1 aromatic heterocycles. The Balaban J connectivity index is 0.00000144. The van der Waals surface area contributed by atoms with Crippen LogP contribution in [0.5, 0.6) is 0 Å². The Morgan fingerprint density at radius 3 is 2.59 bits per heavy atom. The third-order valence-corrected chi connectivity index (χ3v) is 2.96. The molecule has 1 N–H and O–H groups in total. The van der Waals surface area contributed by atoms with Crippen molar-refractivity contribution in [1.82, 2.24) is 4.98 Å². The Hall–Kier alpha value is -1.09. The second kappa shape index (κ2) is 7.28. The van der Waals surface area contributed by atoms with E-state index in [-0.39, 0.29) is 17.0 Å². The van der Waals surface area contributed by atoms with Gasteiger partial charge in [0.15, 0.2) is 0 Å². The molecule has 2 nitrogen and oxygen atoms in total. The quantitative estimate of drug-likeness (QED) is 0.718. The van der Waals surface area contributed by atoms with Gasteiger partial charge in [-0.25, -0.2) is 4.57 Å². The Morgan fingerprint density at radius 1 is 1.18 bits per heavy atom. The maximum atomic E-state index is 3.06. The Kier molecular flexibility index (Phi) is 5.98. The summed E-state index contributed by atoms with van der Waals surface area (Å²) in [5.41, 5.74) is 2.99. The molecular weight excluding hydrogens is 276 g/mol. The van der Waals surface area contributed by atoms with Crippen LogP contribution in [0.25, 0.3) is 0 Å². The highest BCUT2D eigenvalue weighted by molar-refractivity contribution is 5.26. The molecule has 3 heteroatoms. The number of halogens is 1. The smallest absolute Gasteiger partial charge is 0.241 e. The topological polar surface area (TPSA) is 19.7 Å². The highest BCUT2D eigenvalue weighted by Gasteiger charge is 2.01. The number of aromatic nitrogens is 2. The van der Waals surface area contributed by atoms with Crippen molar-refractivity contribution in [3.8, 4) is 0 Å². The van der Waals surface area contributed by atoms with Crippen LogP contribution in [-0.4, -0.2) is 4.98 Å². The van der Waals surface area contributed by atoms with Crippen molar-refractivity contribution in [2.75, 3.05) is 0 Å². The zero-order valence-electron chi connectivity index (χ0n) is 10.2. The molecular formula is C14H19BrN2. The molecule has 0 saturated carbocycles. The lowest BCUT2D eigenvalue weighted by atomic mass is 10.0. The Labute approximate surface area is 113 Å². The summed E-state index contributed by atoms with van der Waals surface area (Å²) in [5.74, 6) is 0. The highest BCUT2D eigenvalue weighted by Crippen LogP contribution is 2.11. The minimum Gasteiger partial charge on any atom is -1.00 e. The van der Waals surface area contributed by atoms with Crippen molar-refractivity contribution in [3.63, 3.8) is 0 Å². The normalized spacial score (nSPS) is 9.94. The minimum atomic E-state index is 0. The van der Waals surface area contributed by atoms with Crippen LogP contribution in [0.15, 0.2) is 43.0 Å². The monoisotopic (exact) mass is 294 g/mol. The lowest BCUT2D eigenvalue weighted by Crippen LogP contribution is -3.00. The number of nitrogens with one attached hydrogen (secondary N) is 1. The number of aromatic amines is 1. The van der Waals surface area contributed by atoms with Crippen molar-refractivity contribution in [2.45, 2.75) is 32.7 Å². The van der Waals surface area contributed by atoms with Gasteiger partial charge in [0.25, 0.3) is 0 Å². The molecule has 0 amide bonds. The fourth-order valence-corrected chi connectivity index (χ4v) is 2.06. The average Bonchev–Trinajstić information content (AvgIpc) is 2.83. The van der Waals surface area contributed by atoms with E-state index in [9.17, 15) is 0 Å². The van der Waals surface area contributed by atoms with Gasteiger partial charge in [0, 0.05) is 0 Å². The van der Waals surface area contributed by atoms with E-state index in [0.29, 0.717) is 0 Å². The predicted octanol–water partition coefficient (Wildman–Crippen LogP) is -0.499. The molecule has 0 unspecified atom stereocenters. The summed E-state index contributed by atoms with van der Waals surface area (Å²) in [6.07, 6.45) is 9.53. The van der Waals surface area contributed by atoms with Crippen molar-refractivity contribution >= 4 is 0 Å². The van der Waals surface area contributed by atoms with E-state index < -0.39 is 0 Å². The van der Waals surface area contributed by atoms with Crippen LogP contribution in [0.2, 0.25) is 0 Å². The van der Waals surface area contributed by atoms with Crippen molar-refractivity contribution in [2.24, 2.45) is 0 Å². The standard InChI is InChI=1S/C14H18N2.BrH/c1-2-13-6-3-4-7-14(13)8-5-10-16-11-9-15-12-16;/h3-4,6-7,9,11-12H,2,5,8,10H2,1H3;1H. The summed E-state index contributed by atoms with van der Waals surface area (Å²) in [4.78, 5) is 3.06. The first-order valence-corrected chi connectivity index (χ1v) is 5.98. The minimum absolute atomic E-state index is 0. The van der Waals surface area contributed by atoms with Gasteiger partial charge in [-0.2, -0.15) is 0 Å². The maximum Gasteiger partial charge on any atom is 0.241 e. The van der Waals surface area contributed by atoms with Gasteiger partial charge >= 0.3 is 0 Å².